The Kier molecular flexibility index (Phi) is 7.64. The molecule has 0 saturated carbocycles. The minimum absolute atomic E-state index is 0. The van der Waals surface area contributed by atoms with Crippen LogP contribution in [-0.4, -0.2) is 5.11 Å². The van der Waals surface area contributed by atoms with E-state index in [9.17, 15) is 5.11 Å². The fraction of sp³-hybridized carbons (Fsp3) is 0.455. The summed E-state index contributed by atoms with van der Waals surface area (Å²) < 4.78 is 2.20. The number of benzene rings is 1. The molecule has 98 valence electrons. The number of hydrogen-bond acceptors (Lipinski definition) is 2. The van der Waals surface area contributed by atoms with E-state index in [-0.39, 0.29) is 24.2 Å². The lowest BCUT2D eigenvalue weighted by Crippen LogP contribution is -2.14. The fourth-order valence-electron chi connectivity index (χ4n) is 1.56. The van der Waals surface area contributed by atoms with E-state index in [1.54, 1.807) is 0 Å². The second-order valence-electron chi connectivity index (χ2n) is 4.15. The minimum atomic E-state index is -0.0947. The van der Waals surface area contributed by atoms with Gasteiger partial charge in [-0.15, -0.1) is 12.4 Å². The van der Waals surface area contributed by atoms with Gasteiger partial charge in [-0.05, 0) is 50.3 Å². The second-order valence-corrected chi connectivity index (χ2v) is 6.65. The number of halogens is 4. The van der Waals surface area contributed by atoms with Crippen LogP contribution in [0.4, 0.5) is 0 Å². The van der Waals surface area contributed by atoms with Crippen LogP contribution < -0.4 is 5.73 Å². The van der Waals surface area contributed by atoms with Crippen LogP contribution in [0.25, 0.3) is 0 Å². The summed E-state index contributed by atoms with van der Waals surface area (Å²) >= 11 is 10.1. The molecule has 3 N–H and O–H groups in total. The molecule has 0 aromatic heterocycles. The van der Waals surface area contributed by atoms with Crippen LogP contribution in [0.5, 0.6) is 5.75 Å². The molecule has 0 bridgehead atoms. The Balaban J connectivity index is 0.00000256. The van der Waals surface area contributed by atoms with Crippen LogP contribution >= 0.6 is 60.2 Å². The predicted octanol–water partition coefficient (Wildman–Crippen LogP) is 5.15. The fourth-order valence-corrected chi connectivity index (χ4v) is 4.27. The predicted molar refractivity (Wildman–Crippen MR) is 84.8 cm³/mol. The molecule has 0 heterocycles. The highest BCUT2D eigenvalue weighted by molar-refractivity contribution is 9.11. The topological polar surface area (TPSA) is 46.2 Å². The van der Waals surface area contributed by atoms with Crippen molar-refractivity contribution in [3.8, 4) is 5.75 Å². The number of aromatic hydroxyl groups is 1. The van der Waals surface area contributed by atoms with Crippen molar-refractivity contribution in [2.75, 3.05) is 0 Å². The van der Waals surface area contributed by atoms with Gasteiger partial charge in [-0.1, -0.05) is 29.8 Å². The number of phenols is 1. The molecule has 0 saturated heterocycles. The lowest BCUT2D eigenvalue weighted by Gasteiger charge is -2.19. The molecule has 1 atom stereocenters. The van der Waals surface area contributed by atoms with Gasteiger partial charge >= 0.3 is 0 Å². The molecule has 1 aromatic rings. The molecule has 6 heteroatoms. The highest BCUT2D eigenvalue weighted by Crippen LogP contribution is 2.42. The van der Waals surface area contributed by atoms with E-state index in [1.807, 2.05) is 6.07 Å². The maximum Gasteiger partial charge on any atom is 0.144 e. The molecule has 0 unspecified atom stereocenters. The Morgan fingerprint density at radius 3 is 2.24 bits per heavy atom. The first kappa shape index (κ1) is 17.7. The van der Waals surface area contributed by atoms with Crippen molar-refractivity contribution >= 4 is 60.2 Å². The molecule has 0 aliphatic carbocycles. The Labute approximate surface area is 133 Å². The molecule has 0 spiro atoms. The van der Waals surface area contributed by atoms with Crippen molar-refractivity contribution in [1.82, 2.24) is 0 Å². The lowest BCUT2D eigenvalue weighted by molar-refractivity contribution is 0.461. The van der Waals surface area contributed by atoms with Gasteiger partial charge in [-0.3, -0.25) is 0 Å². The number of nitrogens with two attached hydrogens (primary N) is 1. The van der Waals surface area contributed by atoms with Gasteiger partial charge in [0.1, 0.15) is 5.75 Å². The first-order chi connectivity index (χ1) is 7.34. The maximum absolute atomic E-state index is 9.82. The summed E-state index contributed by atoms with van der Waals surface area (Å²) in [7, 11) is 0. The minimum Gasteiger partial charge on any atom is -0.506 e. The smallest absolute Gasteiger partial charge is 0.144 e. The summed E-state index contributed by atoms with van der Waals surface area (Å²) in [5.74, 6) is 0.706. The second kappa shape index (κ2) is 7.34. The quantitative estimate of drug-likeness (QED) is 0.667. The summed E-state index contributed by atoms with van der Waals surface area (Å²) in [5, 5.41) is 9.82. The highest BCUT2D eigenvalue weighted by atomic mass is 79.9. The standard InChI is InChI=1S/C11H14Br3NO.ClH/c1-5(2)3-8(15)9-6(12)4-7(13)11(16)10(9)14;/h4-5,8,16H,3,15H2,1-2H3;1H/t8-;/m1./s1. The molecule has 2 nitrogen and oxygen atoms in total. The molecular weight excluding hydrogens is 437 g/mol. The molecular formula is C11H15Br3ClNO. The summed E-state index contributed by atoms with van der Waals surface area (Å²) in [6.07, 6.45) is 0.873. The first-order valence-electron chi connectivity index (χ1n) is 4.96. The SMILES string of the molecule is CC(C)C[C@@H](N)c1c(Br)cc(Br)c(O)c1Br.Cl. The van der Waals surface area contributed by atoms with E-state index < -0.39 is 0 Å². The van der Waals surface area contributed by atoms with Crippen molar-refractivity contribution < 1.29 is 5.11 Å². The summed E-state index contributed by atoms with van der Waals surface area (Å²) in [5.41, 5.74) is 7.04. The van der Waals surface area contributed by atoms with Gasteiger partial charge in [0, 0.05) is 16.1 Å². The van der Waals surface area contributed by atoms with Gasteiger partial charge in [-0.25, -0.2) is 0 Å². The van der Waals surface area contributed by atoms with Crippen LogP contribution in [0.15, 0.2) is 19.5 Å². The number of phenolic OH excluding ortho intramolecular Hbond substituents is 1. The van der Waals surface area contributed by atoms with E-state index >= 15 is 0 Å². The van der Waals surface area contributed by atoms with Crippen molar-refractivity contribution in [3.05, 3.63) is 25.0 Å². The Bertz CT molecular complexity index is 399. The van der Waals surface area contributed by atoms with E-state index in [2.05, 4.69) is 61.6 Å². The maximum atomic E-state index is 9.82. The number of rotatable bonds is 3. The average Bonchev–Trinajstić information content (AvgIpc) is 2.13. The van der Waals surface area contributed by atoms with Gasteiger partial charge < -0.3 is 10.8 Å². The summed E-state index contributed by atoms with van der Waals surface area (Å²) in [4.78, 5) is 0. The molecule has 0 fully saturated rings. The number of hydrogen-bond donors (Lipinski definition) is 2. The normalized spacial score (nSPS) is 12.4. The van der Waals surface area contributed by atoms with Crippen LogP contribution in [0.2, 0.25) is 0 Å². The van der Waals surface area contributed by atoms with E-state index in [1.165, 1.54) is 0 Å². The van der Waals surface area contributed by atoms with Crippen molar-refractivity contribution in [1.29, 1.82) is 0 Å². The molecule has 0 aliphatic rings. The largest absolute Gasteiger partial charge is 0.506 e. The molecule has 0 aliphatic heterocycles. The molecule has 1 rings (SSSR count). The Hall–Kier alpha value is 0.710. The summed E-state index contributed by atoms with van der Waals surface area (Å²) in [6, 6.07) is 1.72. The third kappa shape index (κ3) is 4.39. The van der Waals surface area contributed by atoms with Crippen LogP contribution in [0, 0.1) is 5.92 Å². The molecule has 1 aromatic carbocycles. The monoisotopic (exact) mass is 449 g/mol. The average molecular weight is 452 g/mol. The molecule has 17 heavy (non-hydrogen) atoms. The van der Waals surface area contributed by atoms with Gasteiger partial charge in [0.25, 0.3) is 0 Å². The lowest BCUT2D eigenvalue weighted by atomic mass is 9.98. The zero-order valence-electron chi connectivity index (χ0n) is 9.51. The highest BCUT2D eigenvalue weighted by Gasteiger charge is 2.19. The third-order valence-corrected chi connectivity index (χ3v) is 4.34. The zero-order valence-corrected chi connectivity index (χ0v) is 15.1. The van der Waals surface area contributed by atoms with Crippen LogP contribution in [0.3, 0.4) is 0 Å². The van der Waals surface area contributed by atoms with E-state index in [0.29, 0.717) is 14.9 Å². The van der Waals surface area contributed by atoms with Crippen LogP contribution in [0.1, 0.15) is 31.9 Å². The van der Waals surface area contributed by atoms with Crippen molar-refractivity contribution in [2.45, 2.75) is 26.3 Å². The molecule has 0 amide bonds. The molecule has 0 radical (unpaired) electrons. The van der Waals surface area contributed by atoms with E-state index in [0.717, 1.165) is 16.5 Å². The van der Waals surface area contributed by atoms with Gasteiger partial charge in [0.15, 0.2) is 0 Å². The Morgan fingerprint density at radius 1 is 1.24 bits per heavy atom. The van der Waals surface area contributed by atoms with Crippen molar-refractivity contribution in [2.24, 2.45) is 11.7 Å². The summed E-state index contributed by atoms with van der Waals surface area (Å²) in [6.45, 7) is 4.25. The Morgan fingerprint density at radius 2 is 1.76 bits per heavy atom. The van der Waals surface area contributed by atoms with Gasteiger partial charge in [0.2, 0.25) is 0 Å². The van der Waals surface area contributed by atoms with E-state index in [4.69, 9.17) is 5.73 Å². The van der Waals surface area contributed by atoms with Gasteiger partial charge in [0.05, 0.1) is 8.95 Å². The van der Waals surface area contributed by atoms with Crippen molar-refractivity contribution in [3.63, 3.8) is 0 Å². The van der Waals surface area contributed by atoms with Crippen LogP contribution in [-0.2, 0) is 0 Å². The first-order valence-corrected chi connectivity index (χ1v) is 7.34. The zero-order chi connectivity index (χ0) is 12.5. The van der Waals surface area contributed by atoms with Gasteiger partial charge in [-0.2, -0.15) is 0 Å². The third-order valence-electron chi connectivity index (χ3n) is 2.28.